The van der Waals surface area contributed by atoms with E-state index in [1.54, 1.807) is 10.9 Å². The van der Waals surface area contributed by atoms with E-state index in [0.717, 1.165) is 0 Å². The van der Waals surface area contributed by atoms with Crippen molar-refractivity contribution in [3.05, 3.63) is 40.2 Å². The average Bonchev–Trinajstić information content (AvgIpc) is 2.97. The van der Waals surface area contributed by atoms with Crippen LogP contribution in [0.2, 0.25) is 0 Å². The Balaban J connectivity index is 1.93. The lowest BCUT2D eigenvalue weighted by Crippen LogP contribution is -2.22. The zero-order valence-electron chi connectivity index (χ0n) is 8.54. The molecule has 0 aromatic carbocycles. The van der Waals surface area contributed by atoms with Crippen LogP contribution in [0.15, 0.2) is 27.4 Å². The van der Waals surface area contributed by atoms with Crippen molar-refractivity contribution in [2.75, 3.05) is 0 Å². The summed E-state index contributed by atoms with van der Waals surface area (Å²) in [7, 11) is 0. The number of nitrogens with zero attached hydrogens (tertiary/aromatic N) is 1. The number of hydrogen-bond donors (Lipinski definition) is 2. The van der Waals surface area contributed by atoms with Crippen LogP contribution in [0, 0.1) is 0 Å². The molecule has 2 heterocycles. The van der Waals surface area contributed by atoms with Crippen LogP contribution in [0.25, 0.3) is 0 Å². The molecule has 17 heavy (non-hydrogen) atoms. The molecule has 7 heteroatoms. The third-order valence-electron chi connectivity index (χ3n) is 1.96. The summed E-state index contributed by atoms with van der Waals surface area (Å²) >= 11 is 1.32. The zero-order valence-corrected chi connectivity index (χ0v) is 9.36. The van der Waals surface area contributed by atoms with Gasteiger partial charge in [-0.25, -0.2) is 9.78 Å². The maximum Gasteiger partial charge on any atom is 0.371 e. The second-order valence-electron chi connectivity index (χ2n) is 3.13. The average molecular weight is 252 g/mol. The SMILES string of the molecule is O=C(NCc1ccc(C(=O)O)o1)c1cscn1. The molecule has 0 spiro atoms. The van der Waals surface area contributed by atoms with E-state index in [2.05, 4.69) is 10.3 Å². The van der Waals surface area contributed by atoms with Crippen LogP contribution in [0.1, 0.15) is 26.8 Å². The molecule has 0 aliphatic rings. The van der Waals surface area contributed by atoms with Crippen LogP contribution in [0.4, 0.5) is 0 Å². The molecule has 88 valence electrons. The van der Waals surface area contributed by atoms with E-state index in [-0.39, 0.29) is 18.2 Å². The molecular formula is C10H8N2O4S. The van der Waals surface area contributed by atoms with Crippen LogP contribution in [-0.2, 0) is 6.54 Å². The lowest BCUT2D eigenvalue weighted by molar-refractivity contribution is 0.0660. The number of rotatable bonds is 4. The minimum atomic E-state index is -1.14. The van der Waals surface area contributed by atoms with Crippen molar-refractivity contribution in [1.82, 2.24) is 10.3 Å². The van der Waals surface area contributed by atoms with Crippen LogP contribution in [0.5, 0.6) is 0 Å². The van der Waals surface area contributed by atoms with Gasteiger partial charge in [0, 0.05) is 5.38 Å². The molecule has 6 nitrogen and oxygen atoms in total. The number of furan rings is 1. The number of aromatic carboxylic acids is 1. The van der Waals surface area contributed by atoms with Gasteiger partial charge in [-0.3, -0.25) is 4.79 Å². The number of hydrogen-bond acceptors (Lipinski definition) is 5. The number of carbonyl (C=O) groups is 2. The summed E-state index contributed by atoms with van der Waals surface area (Å²) in [4.78, 5) is 25.9. The number of carboxylic acid groups (broad SMARTS) is 1. The third-order valence-corrected chi connectivity index (χ3v) is 2.55. The molecule has 0 radical (unpaired) electrons. The van der Waals surface area contributed by atoms with Gasteiger partial charge < -0.3 is 14.8 Å². The summed E-state index contributed by atoms with van der Waals surface area (Å²) in [6.07, 6.45) is 0. The highest BCUT2D eigenvalue weighted by Crippen LogP contribution is 2.08. The van der Waals surface area contributed by atoms with Crippen LogP contribution >= 0.6 is 11.3 Å². The fourth-order valence-corrected chi connectivity index (χ4v) is 1.70. The molecule has 0 fully saturated rings. The Hall–Kier alpha value is -2.15. The van der Waals surface area contributed by atoms with Crippen molar-refractivity contribution >= 4 is 23.2 Å². The highest BCUT2D eigenvalue weighted by molar-refractivity contribution is 7.07. The topological polar surface area (TPSA) is 92.4 Å². The molecular weight excluding hydrogens is 244 g/mol. The molecule has 0 aliphatic carbocycles. The third kappa shape index (κ3) is 2.70. The Kier molecular flexibility index (Phi) is 3.20. The lowest BCUT2D eigenvalue weighted by Gasteiger charge is -1.99. The molecule has 0 bridgehead atoms. The maximum absolute atomic E-state index is 11.5. The highest BCUT2D eigenvalue weighted by Gasteiger charge is 2.11. The largest absolute Gasteiger partial charge is 0.475 e. The summed E-state index contributed by atoms with van der Waals surface area (Å²) in [5.41, 5.74) is 1.89. The van der Waals surface area contributed by atoms with Crippen molar-refractivity contribution in [2.45, 2.75) is 6.54 Å². The van der Waals surface area contributed by atoms with E-state index in [4.69, 9.17) is 9.52 Å². The van der Waals surface area contributed by atoms with Crippen molar-refractivity contribution < 1.29 is 19.1 Å². The van der Waals surface area contributed by atoms with Gasteiger partial charge in [-0.15, -0.1) is 11.3 Å². The van der Waals surface area contributed by atoms with E-state index in [9.17, 15) is 9.59 Å². The van der Waals surface area contributed by atoms with Gasteiger partial charge in [0.2, 0.25) is 5.76 Å². The van der Waals surface area contributed by atoms with E-state index < -0.39 is 5.97 Å². The van der Waals surface area contributed by atoms with Gasteiger partial charge in [0.25, 0.3) is 5.91 Å². The second-order valence-corrected chi connectivity index (χ2v) is 3.85. The van der Waals surface area contributed by atoms with Crippen molar-refractivity contribution in [3.8, 4) is 0 Å². The van der Waals surface area contributed by atoms with Crippen LogP contribution in [0.3, 0.4) is 0 Å². The number of aromatic nitrogens is 1. The molecule has 2 rings (SSSR count). The van der Waals surface area contributed by atoms with E-state index in [1.165, 1.54) is 23.5 Å². The van der Waals surface area contributed by atoms with Crippen molar-refractivity contribution in [2.24, 2.45) is 0 Å². The molecule has 0 aliphatic heterocycles. The molecule has 0 atom stereocenters. The predicted octanol–water partition coefficient (Wildman–Crippen LogP) is 1.36. The molecule has 0 saturated carbocycles. The quantitative estimate of drug-likeness (QED) is 0.857. The highest BCUT2D eigenvalue weighted by atomic mass is 32.1. The van der Waals surface area contributed by atoms with Crippen LogP contribution < -0.4 is 5.32 Å². The Morgan fingerprint density at radius 2 is 2.29 bits per heavy atom. The van der Waals surface area contributed by atoms with E-state index >= 15 is 0 Å². The monoisotopic (exact) mass is 252 g/mol. The fourth-order valence-electron chi connectivity index (χ4n) is 1.17. The van der Waals surface area contributed by atoms with E-state index in [0.29, 0.717) is 11.5 Å². The Bertz CT molecular complexity index is 532. The Morgan fingerprint density at radius 1 is 1.47 bits per heavy atom. The van der Waals surface area contributed by atoms with Gasteiger partial charge in [0.05, 0.1) is 12.1 Å². The number of carboxylic acids is 1. The summed E-state index contributed by atoms with van der Waals surface area (Å²) < 4.78 is 4.98. The Labute approximate surface area is 99.9 Å². The van der Waals surface area contributed by atoms with Gasteiger partial charge in [-0.2, -0.15) is 0 Å². The first-order valence-electron chi connectivity index (χ1n) is 4.65. The van der Waals surface area contributed by atoms with E-state index in [1.807, 2.05) is 0 Å². The normalized spacial score (nSPS) is 10.1. The predicted molar refractivity (Wildman–Crippen MR) is 59.0 cm³/mol. The minimum Gasteiger partial charge on any atom is -0.475 e. The van der Waals surface area contributed by atoms with Gasteiger partial charge in [0.15, 0.2) is 0 Å². The number of thiazole rings is 1. The van der Waals surface area contributed by atoms with Gasteiger partial charge in [-0.05, 0) is 12.1 Å². The fraction of sp³-hybridized carbons (Fsp3) is 0.100. The standard InChI is InChI=1S/C10H8N2O4S/c13-9(7-4-17-5-12-7)11-3-6-1-2-8(16-6)10(14)15/h1-2,4-5H,3H2,(H,11,13)(H,14,15). The number of nitrogens with one attached hydrogen (secondary N) is 1. The van der Waals surface area contributed by atoms with Crippen molar-refractivity contribution in [3.63, 3.8) is 0 Å². The summed E-state index contributed by atoms with van der Waals surface area (Å²) in [6.45, 7) is 0.129. The number of amides is 1. The minimum absolute atomic E-state index is 0.129. The summed E-state index contributed by atoms with van der Waals surface area (Å²) in [6, 6.07) is 2.84. The molecule has 1 amide bonds. The molecule has 2 aromatic heterocycles. The zero-order chi connectivity index (χ0) is 12.3. The molecule has 0 saturated heterocycles. The smallest absolute Gasteiger partial charge is 0.371 e. The van der Waals surface area contributed by atoms with Gasteiger partial charge in [-0.1, -0.05) is 0 Å². The number of carbonyl (C=O) groups excluding carboxylic acids is 1. The Morgan fingerprint density at radius 3 is 2.88 bits per heavy atom. The summed E-state index contributed by atoms with van der Waals surface area (Å²) in [5.74, 6) is -1.23. The molecule has 2 aromatic rings. The first-order valence-corrected chi connectivity index (χ1v) is 5.59. The lowest BCUT2D eigenvalue weighted by atomic mass is 10.4. The second kappa shape index (κ2) is 4.79. The first kappa shape index (κ1) is 11.3. The van der Waals surface area contributed by atoms with Gasteiger partial charge in [0.1, 0.15) is 11.5 Å². The maximum atomic E-state index is 11.5. The molecule has 2 N–H and O–H groups in total. The van der Waals surface area contributed by atoms with Crippen LogP contribution in [-0.4, -0.2) is 22.0 Å². The van der Waals surface area contributed by atoms with Crippen molar-refractivity contribution in [1.29, 1.82) is 0 Å². The summed E-state index contributed by atoms with van der Waals surface area (Å²) in [5, 5.41) is 12.8. The molecule has 0 unspecified atom stereocenters. The first-order chi connectivity index (χ1) is 8.16. The van der Waals surface area contributed by atoms with Gasteiger partial charge >= 0.3 is 5.97 Å².